The largest absolute Gasteiger partial charge is 0.327 e. The Morgan fingerprint density at radius 2 is 2.26 bits per heavy atom. The lowest BCUT2D eigenvalue weighted by molar-refractivity contribution is -0.385. The third kappa shape index (κ3) is 3.46. The first-order valence-electron chi connectivity index (χ1n) is 5.68. The highest BCUT2D eigenvalue weighted by atomic mass is 35.5. The summed E-state index contributed by atoms with van der Waals surface area (Å²) in [6.07, 6.45) is 5.90. The van der Waals surface area contributed by atoms with Gasteiger partial charge in [-0.2, -0.15) is 0 Å². The molecule has 6 heteroatoms. The molecule has 1 amide bonds. The van der Waals surface area contributed by atoms with E-state index < -0.39 is 10.8 Å². The van der Waals surface area contributed by atoms with Crippen molar-refractivity contribution in [2.75, 3.05) is 13.1 Å². The van der Waals surface area contributed by atoms with Gasteiger partial charge < -0.3 is 4.90 Å². The number of nitro benzene ring substituents is 1. The molecule has 5 nitrogen and oxygen atoms in total. The molecule has 0 aliphatic rings. The maximum Gasteiger partial charge on any atom is 0.283 e. The third-order valence-corrected chi connectivity index (χ3v) is 2.78. The lowest BCUT2D eigenvalue weighted by atomic mass is 10.1. The number of halogens is 1. The number of amides is 1. The van der Waals surface area contributed by atoms with Gasteiger partial charge in [-0.3, -0.25) is 14.9 Å². The molecular weight excluding hydrogens is 268 g/mol. The summed E-state index contributed by atoms with van der Waals surface area (Å²) in [6.45, 7) is 2.40. The van der Waals surface area contributed by atoms with Crippen LogP contribution in [-0.4, -0.2) is 28.8 Å². The number of rotatable bonds is 5. The Kier molecular flexibility index (Phi) is 5.34. The molecule has 0 aromatic heterocycles. The molecule has 0 radical (unpaired) electrons. The maximum absolute atomic E-state index is 12.3. The summed E-state index contributed by atoms with van der Waals surface area (Å²) < 4.78 is 0. The standard InChI is InChI=1S/C13H13ClN2O3/c1-3-8-15(9-4-2)13(17)12-10(14)6-5-7-11(12)16(18)19/h1,5-7H,4,8-9H2,2H3. The van der Waals surface area contributed by atoms with Gasteiger partial charge in [0.2, 0.25) is 0 Å². The van der Waals surface area contributed by atoms with Crippen LogP contribution in [0, 0.1) is 22.5 Å². The number of nitro groups is 1. The second-order valence-corrected chi connectivity index (χ2v) is 4.23. The Morgan fingerprint density at radius 1 is 1.58 bits per heavy atom. The van der Waals surface area contributed by atoms with Crippen LogP contribution in [-0.2, 0) is 0 Å². The minimum absolute atomic E-state index is 0.0531. The maximum atomic E-state index is 12.3. The molecule has 0 saturated carbocycles. The zero-order valence-corrected chi connectivity index (χ0v) is 11.2. The summed E-state index contributed by atoms with van der Waals surface area (Å²) >= 11 is 5.91. The predicted octanol–water partition coefficient (Wildman–Crippen LogP) is 2.73. The van der Waals surface area contributed by atoms with Gasteiger partial charge in [0.1, 0.15) is 5.56 Å². The normalized spacial score (nSPS) is 9.74. The summed E-state index contributed by atoms with van der Waals surface area (Å²) in [6, 6.07) is 4.13. The molecular formula is C13H13ClN2O3. The summed E-state index contributed by atoms with van der Waals surface area (Å²) in [7, 11) is 0. The van der Waals surface area contributed by atoms with Crippen LogP contribution >= 0.6 is 11.6 Å². The van der Waals surface area contributed by atoms with E-state index in [1.165, 1.54) is 23.1 Å². The predicted molar refractivity (Wildman–Crippen MR) is 73.1 cm³/mol. The van der Waals surface area contributed by atoms with Crippen LogP contribution in [0.15, 0.2) is 18.2 Å². The van der Waals surface area contributed by atoms with Crippen LogP contribution in [0.4, 0.5) is 5.69 Å². The molecule has 1 rings (SSSR count). The molecule has 19 heavy (non-hydrogen) atoms. The van der Waals surface area contributed by atoms with E-state index in [4.69, 9.17) is 18.0 Å². The summed E-state index contributed by atoms with van der Waals surface area (Å²) in [4.78, 5) is 24.0. The van der Waals surface area contributed by atoms with Crippen LogP contribution in [0.1, 0.15) is 23.7 Å². The molecule has 0 fully saturated rings. The van der Waals surface area contributed by atoms with Crippen molar-refractivity contribution in [2.24, 2.45) is 0 Å². The summed E-state index contributed by atoms with van der Waals surface area (Å²) in [5, 5.41) is 11.0. The number of hydrogen-bond acceptors (Lipinski definition) is 3. The Morgan fingerprint density at radius 3 is 2.79 bits per heavy atom. The Balaban J connectivity index is 3.24. The molecule has 0 unspecified atom stereocenters. The number of hydrogen-bond donors (Lipinski definition) is 0. The van der Waals surface area contributed by atoms with Crippen molar-refractivity contribution >= 4 is 23.2 Å². The van der Waals surface area contributed by atoms with Gasteiger partial charge in [-0.25, -0.2) is 0 Å². The average molecular weight is 281 g/mol. The first-order chi connectivity index (χ1) is 9.02. The van der Waals surface area contributed by atoms with Gasteiger partial charge >= 0.3 is 0 Å². The Bertz CT molecular complexity index is 537. The van der Waals surface area contributed by atoms with Crippen molar-refractivity contribution in [3.05, 3.63) is 38.9 Å². The minimum Gasteiger partial charge on any atom is -0.327 e. The number of carbonyl (C=O) groups excluding carboxylic acids is 1. The third-order valence-electron chi connectivity index (χ3n) is 2.47. The van der Waals surface area contributed by atoms with E-state index in [0.717, 1.165) is 0 Å². The fourth-order valence-corrected chi connectivity index (χ4v) is 1.92. The van der Waals surface area contributed by atoms with Crippen molar-refractivity contribution in [1.82, 2.24) is 4.90 Å². The van der Waals surface area contributed by atoms with Crippen molar-refractivity contribution in [3.8, 4) is 12.3 Å². The molecule has 1 aromatic carbocycles. The fourth-order valence-electron chi connectivity index (χ4n) is 1.67. The number of benzene rings is 1. The SMILES string of the molecule is C#CCN(CCC)C(=O)c1c(Cl)cccc1[N+](=O)[O-]. The minimum atomic E-state index is -0.626. The molecule has 100 valence electrons. The molecule has 0 spiro atoms. The second-order valence-electron chi connectivity index (χ2n) is 3.82. The van der Waals surface area contributed by atoms with Crippen molar-refractivity contribution in [2.45, 2.75) is 13.3 Å². The van der Waals surface area contributed by atoms with Crippen LogP contribution in [0.5, 0.6) is 0 Å². The smallest absolute Gasteiger partial charge is 0.283 e. The van der Waals surface area contributed by atoms with Crippen molar-refractivity contribution in [1.29, 1.82) is 0 Å². The zero-order chi connectivity index (χ0) is 14.4. The summed E-state index contributed by atoms with van der Waals surface area (Å²) in [5.74, 6) is 1.85. The quantitative estimate of drug-likeness (QED) is 0.473. The van der Waals surface area contributed by atoms with E-state index in [2.05, 4.69) is 5.92 Å². The van der Waals surface area contributed by atoms with E-state index >= 15 is 0 Å². The highest BCUT2D eigenvalue weighted by molar-refractivity contribution is 6.34. The van der Waals surface area contributed by atoms with E-state index in [1.54, 1.807) is 0 Å². The Hall–Kier alpha value is -2.06. The highest BCUT2D eigenvalue weighted by Gasteiger charge is 2.26. The van der Waals surface area contributed by atoms with Gasteiger partial charge in [-0.05, 0) is 12.5 Å². The monoisotopic (exact) mass is 280 g/mol. The zero-order valence-electron chi connectivity index (χ0n) is 10.4. The van der Waals surface area contributed by atoms with Crippen LogP contribution in [0.3, 0.4) is 0 Å². The fraction of sp³-hybridized carbons (Fsp3) is 0.308. The van der Waals surface area contributed by atoms with E-state index in [-0.39, 0.29) is 22.8 Å². The number of terminal acetylenes is 1. The van der Waals surface area contributed by atoms with Gasteiger partial charge in [-0.1, -0.05) is 30.5 Å². The average Bonchev–Trinajstić information content (AvgIpc) is 2.37. The lowest BCUT2D eigenvalue weighted by Crippen LogP contribution is -2.32. The summed E-state index contributed by atoms with van der Waals surface area (Å²) in [5.41, 5.74) is -0.423. The van der Waals surface area contributed by atoms with Crippen LogP contribution in [0.2, 0.25) is 5.02 Å². The van der Waals surface area contributed by atoms with Gasteiger partial charge in [0, 0.05) is 12.6 Å². The molecule has 0 bridgehead atoms. The lowest BCUT2D eigenvalue weighted by Gasteiger charge is -2.19. The molecule has 0 heterocycles. The molecule has 0 N–H and O–H groups in total. The van der Waals surface area contributed by atoms with Crippen molar-refractivity contribution in [3.63, 3.8) is 0 Å². The first kappa shape index (κ1) is 15.0. The molecule has 0 aliphatic heterocycles. The van der Waals surface area contributed by atoms with E-state index in [9.17, 15) is 14.9 Å². The van der Waals surface area contributed by atoms with E-state index in [1.807, 2.05) is 6.92 Å². The van der Waals surface area contributed by atoms with E-state index in [0.29, 0.717) is 13.0 Å². The van der Waals surface area contributed by atoms with Gasteiger partial charge in [0.25, 0.3) is 11.6 Å². The molecule has 0 atom stereocenters. The molecule has 1 aromatic rings. The van der Waals surface area contributed by atoms with Gasteiger partial charge in [0.15, 0.2) is 0 Å². The second kappa shape index (κ2) is 6.76. The Labute approximate surface area is 116 Å². The van der Waals surface area contributed by atoms with Gasteiger partial charge in [-0.15, -0.1) is 6.42 Å². The van der Waals surface area contributed by atoms with Gasteiger partial charge in [0.05, 0.1) is 16.5 Å². The number of carbonyl (C=O) groups is 1. The molecule has 0 saturated heterocycles. The van der Waals surface area contributed by atoms with Crippen LogP contribution in [0.25, 0.3) is 0 Å². The molecule has 0 aliphatic carbocycles. The number of nitrogens with zero attached hydrogens (tertiary/aromatic N) is 2. The van der Waals surface area contributed by atoms with Crippen molar-refractivity contribution < 1.29 is 9.72 Å². The highest BCUT2D eigenvalue weighted by Crippen LogP contribution is 2.27. The van der Waals surface area contributed by atoms with Crippen LogP contribution < -0.4 is 0 Å². The topological polar surface area (TPSA) is 63.5 Å². The first-order valence-corrected chi connectivity index (χ1v) is 6.06.